The topological polar surface area (TPSA) is 107 Å². The predicted octanol–water partition coefficient (Wildman–Crippen LogP) is 3.45. The number of rotatable bonds is 4. The van der Waals surface area contributed by atoms with Crippen LogP contribution in [-0.2, 0) is 22.3 Å². The molecule has 2 heterocycles. The molecule has 2 aromatic carbocycles. The summed E-state index contributed by atoms with van der Waals surface area (Å²) in [5, 5.41) is 18.4. The van der Waals surface area contributed by atoms with Crippen molar-refractivity contribution in [3.8, 4) is 5.69 Å². The van der Waals surface area contributed by atoms with Gasteiger partial charge < -0.3 is 5.32 Å². The third-order valence-corrected chi connectivity index (χ3v) is 5.84. The maximum atomic E-state index is 12.8. The molecular weight excluding hydrogens is 404 g/mol. The monoisotopic (exact) mass is 416 g/mol. The maximum Gasteiger partial charge on any atom is 0.270 e. The second-order valence-corrected chi connectivity index (χ2v) is 7.99. The number of nitrogens with one attached hydrogen (secondary N) is 1. The lowest BCUT2D eigenvalue weighted by Crippen LogP contribution is -2.17. The number of aromatic nitrogens is 2. The van der Waals surface area contributed by atoms with Crippen molar-refractivity contribution in [1.29, 1.82) is 0 Å². The first-order valence-electron chi connectivity index (χ1n) is 8.20. The fraction of sp³-hybridized carbons (Fsp3) is 0.111. The third kappa shape index (κ3) is 3.30. The summed E-state index contributed by atoms with van der Waals surface area (Å²) in [5.41, 5.74) is 1.81. The van der Waals surface area contributed by atoms with E-state index >= 15 is 0 Å². The summed E-state index contributed by atoms with van der Waals surface area (Å²) in [6, 6.07) is 12.9. The normalized spacial score (nSPS) is 15.2. The van der Waals surface area contributed by atoms with Gasteiger partial charge in [-0.1, -0.05) is 29.8 Å². The summed E-state index contributed by atoms with van der Waals surface area (Å²) in [6.07, 6.45) is 0. The Balaban J connectivity index is 1.76. The zero-order chi connectivity index (χ0) is 19.8. The van der Waals surface area contributed by atoms with Crippen LogP contribution >= 0.6 is 11.6 Å². The van der Waals surface area contributed by atoms with Gasteiger partial charge in [0.25, 0.3) is 11.6 Å². The Morgan fingerprint density at radius 2 is 1.96 bits per heavy atom. The number of nitro benzene ring substituents is 1. The van der Waals surface area contributed by atoms with Crippen molar-refractivity contribution in [2.75, 3.05) is 5.32 Å². The van der Waals surface area contributed by atoms with Crippen molar-refractivity contribution in [2.24, 2.45) is 0 Å². The molecule has 3 aromatic rings. The number of non-ortho nitro benzene ring substituents is 1. The van der Waals surface area contributed by atoms with Gasteiger partial charge in [-0.05, 0) is 18.2 Å². The zero-order valence-electron chi connectivity index (χ0n) is 14.3. The van der Waals surface area contributed by atoms with E-state index in [2.05, 4.69) is 10.4 Å². The average molecular weight is 417 g/mol. The average Bonchev–Trinajstić information content (AvgIpc) is 3.19. The number of benzene rings is 2. The lowest BCUT2D eigenvalue weighted by molar-refractivity contribution is -0.384. The number of hydrogen-bond donors (Lipinski definition) is 1. The highest BCUT2D eigenvalue weighted by Crippen LogP contribution is 2.32. The Morgan fingerprint density at radius 1 is 1.21 bits per heavy atom. The number of nitrogens with zero attached hydrogens (tertiary/aromatic N) is 3. The molecule has 0 fully saturated rings. The number of anilines is 1. The molecule has 0 saturated heterocycles. The number of nitro groups is 1. The Labute approximate surface area is 166 Å². The molecule has 0 radical (unpaired) electrons. The molecule has 1 N–H and O–H groups in total. The van der Waals surface area contributed by atoms with Crippen LogP contribution in [-0.4, -0.2) is 24.8 Å². The minimum absolute atomic E-state index is 0.0236. The molecule has 0 saturated carbocycles. The van der Waals surface area contributed by atoms with Crippen molar-refractivity contribution >= 4 is 39.8 Å². The van der Waals surface area contributed by atoms with Crippen LogP contribution in [0.4, 0.5) is 11.5 Å². The van der Waals surface area contributed by atoms with Crippen LogP contribution < -0.4 is 5.32 Å². The summed E-state index contributed by atoms with van der Waals surface area (Å²) in [6.45, 7) is 0. The fourth-order valence-corrected chi connectivity index (χ4v) is 4.46. The third-order valence-electron chi connectivity index (χ3n) is 4.31. The first kappa shape index (κ1) is 18.3. The second-order valence-electron chi connectivity index (χ2n) is 6.13. The summed E-state index contributed by atoms with van der Waals surface area (Å²) < 4.78 is 13.5. The number of amides is 1. The standard InChI is InChI=1S/C18H13ClN4O4S/c19-15-7-6-12(23(25)26)8-13(15)18(24)20-17-14-9-28(27)10-16(14)21-22(17)11-4-2-1-3-5-11/h1-8H,9-10H2,(H,20,24). The van der Waals surface area contributed by atoms with E-state index in [0.717, 1.165) is 11.8 Å². The molecule has 1 aliphatic rings. The summed E-state index contributed by atoms with van der Waals surface area (Å²) in [4.78, 5) is 23.3. The van der Waals surface area contributed by atoms with Crippen molar-refractivity contribution in [3.63, 3.8) is 0 Å². The first-order valence-corrected chi connectivity index (χ1v) is 10.1. The molecular formula is C18H13ClN4O4S. The van der Waals surface area contributed by atoms with Gasteiger partial charge in [-0.25, -0.2) is 4.68 Å². The smallest absolute Gasteiger partial charge is 0.270 e. The van der Waals surface area contributed by atoms with E-state index in [9.17, 15) is 19.1 Å². The molecule has 1 atom stereocenters. The van der Waals surface area contributed by atoms with Crippen LogP contribution in [0.3, 0.4) is 0 Å². The molecule has 0 aliphatic carbocycles. The SMILES string of the molecule is O=C(Nc1c2c(nn1-c1ccccc1)CS(=O)C2)c1cc([N+](=O)[O-])ccc1Cl. The highest BCUT2D eigenvalue weighted by molar-refractivity contribution is 7.83. The van der Waals surface area contributed by atoms with Gasteiger partial charge in [0.05, 0.1) is 38.4 Å². The largest absolute Gasteiger partial charge is 0.306 e. The van der Waals surface area contributed by atoms with E-state index in [1.165, 1.54) is 12.1 Å². The van der Waals surface area contributed by atoms with E-state index in [4.69, 9.17) is 11.6 Å². The number of carbonyl (C=O) groups is 1. The van der Waals surface area contributed by atoms with Crippen LogP contribution in [0.2, 0.25) is 5.02 Å². The van der Waals surface area contributed by atoms with Crippen LogP contribution in [0.5, 0.6) is 0 Å². The van der Waals surface area contributed by atoms with Gasteiger partial charge in [-0.2, -0.15) is 5.10 Å². The second kappa shape index (κ2) is 7.17. The Kier molecular flexibility index (Phi) is 4.70. The van der Waals surface area contributed by atoms with E-state index < -0.39 is 21.6 Å². The Morgan fingerprint density at radius 3 is 2.68 bits per heavy atom. The Bertz CT molecular complexity index is 1130. The van der Waals surface area contributed by atoms with Gasteiger partial charge in [0.1, 0.15) is 5.82 Å². The van der Waals surface area contributed by atoms with E-state index in [1.54, 1.807) is 4.68 Å². The molecule has 142 valence electrons. The minimum Gasteiger partial charge on any atom is -0.306 e. The van der Waals surface area contributed by atoms with Crippen molar-refractivity contribution in [3.05, 3.63) is 80.5 Å². The quantitative estimate of drug-likeness (QED) is 0.517. The molecule has 1 amide bonds. The summed E-state index contributed by atoms with van der Waals surface area (Å²) in [5.74, 6) is 0.377. The van der Waals surface area contributed by atoms with Crippen molar-refractivity contribution in [1.82, 2.24) is 9.78 Å². The van der Waals surface area contributed by atoms with Gasteiger partial charge >= 0.3 is 0 Å². The van der Waals surface area contributed by atoms with Gasteiger partial charge in [-0.15, -0.1) is 0 Å². The molecule has 10 heteroatoms. The summed E-state index contributed by atoms with van der Waals surface area (Å²) in [7, 11) is -1.08. The first-order chi connectivity index (χ1) is 13.4. The van der Waals surface area contributed by atoms with Crippen molar-refractivity contribution in [2.45, 2.75) is 11.5 Å². The molecule has 1 aliphatic heterocycles. The van der Waals surface area contributed by atoms with Gasteiger partial charge in [0.2, 0.25) is 0 Å². The predicted molar refractivity (Wildman–Crippen MR) is 105 cm³/mol. The molecule has 0 spiro atoms. The number of carbonyl (C=O) groups excluding carboxylic acids is 1. The van der Waals surface area contributed by atoms with Gasteiger partial charge in [-0.3, -0.25) is 19.1 Å². The van der Waals surface area contributed by atoms with Crippen LogP contribution in [0.25, 0.3) is 5.69 Å². The van der Waals surface area contributed by atoms with Gasteiger partial charge in [0.15, 0.2) is 0 Å². The van der Waals surface area contributed by atoms with Gasteiger partial charge in [0, 0.05) is 28.5 Å². The molecule has 0 bridgehead atoms. The number of halogens is 1. The van der Waals surface area contributed by atoms with E-state index in [1.807, 2.05) is 30.3 Å². The van der Waals surface area contributed by atoms with Crippen molar-refractivity contribution < 1.29 is 13.9 Å². The number of hydrogen-bond acceptors (Lipinski definition) is 5. The highest BCUT2D eigenvalue weighted by atomic mass is 35.5. The maximum absolute atomic E-state index is 12.8. The lowest BCUT2D eigenvalue weighted by atomic mass is 10.2. The van der Waals surface area contributed by atoms with Crippen LogP contribution in [0, 0.1) is 10.1 Å². The summed E-state index contributed by atoms with van der Waals surface area (Å²) >= 11 is 6.08. The molecule has 28 heavy (non-hydrogen) atoms. The number of para-hydroxylation sites is 1. The van der Waals surface area contributed by atoms with E-state index in [-0.39, 0.29) is 22.0 Å². The Hall–Kier alpha value is -3.04. The lowest BCUT2D eigenvalue weighted by Gasteiger charge is -2.11. The molecule has 4 rings (SSSR count). The van der Waals surface area contributed by atoms with Crippen LogP contribution in [0.1, 0.15) is 21.6 Å². The van der Waals surface area contributed by atoms with E-state index in [0.29, 0.717) is 22.8 Å². The molecule has 8 nitrogen and oxygen atoms in total. The molecule has 1 aromatic heterocycles. The minimum atomic E-state index is -1.08. The fourth-order valence-electron chi connectivity index (χ4n) is 2.99. The number of fused-ring (bicyclic) bond motifs is 1. The molecule has 1 unspecified atom stereocenters. The highest BCUT2D eigenvalue weighted by Gasteiger charge is 2.29. The van der Waals surface area contributed by atoms with Crippen LogP contribution in [0.15, 0.2) is 48.5 Å². The zero-order valence-corrected chi connectivity index (χ0v) is 15.9.